The predicted octanol–water partition coefficient (Wildman–Crippen LogP) is 3.64. The van der Waals surface area contributed by atoms with Gasteiger partial charge in [-0.2, -0.15) is 0 Å². The van der Waals surface area contributed by atoms with Crippen molar-refractivity contribution in [3.63, 3.8) is 0 Å². The molecular formula is C22H28BrN3O2S. The number of nitrogens with one attached hydrogen (secondary N) is 1. The Morgan fingerprint density at radius 1 is 1.07 bits per heavy atom. The highest BCUT2D eigenvalue weighted by Crippen LogP contribution is 2.23. The molecule has 1 atom stereocenters. The van der Waals surface area contributed by atoms with Crippen LogP contribution in [0.4, 0.5) is 0 Å². The van der Waals surface area contributed by atoms with Gasteiger partial charge < -0.3 is 15.1 Å². The first-order valence-corrected chi connectivity index (χ1v) is 11.3. The third-order valence-electron chi connectivity index (χ3n) is 4.23. The van der Waals surface area contributed by atoms with Gasteiger partial charge in [-0.1, -0.05) is 52.3 Å². The Morgan fingerprint density at radius 2 is 1.79 bits per heavy atom. The van der Waals surface area contributed by atoms with Crippen LogP contribution in [-0.2, 0) is 16.1 Å². The SMILES string of the molecule is CC(=O)NC(CSc1cccc(Br)c1)C(=O)N(CCN(C)C)Cc1ccccc1. The number of amides is 2. The minimum Gasteiger partial charge on any atom is -0.344 e. The fourth-order valence-electron chi connectivity index (χ4n) is 2.77. The lowest BCUT2D eigenvalue weighted by atomic mass is 10.2. The Bertz CT molecular complexity index is 802. The smallest absolute Gasteiger partial charge is 0.246 e. The van der Waals surface area contributed by atoms with Crippen LogP contribution in [0, 0.1) is 0 Å². The molecule has 0 aromatic heterocycles. The summed E-state index contributed by atoms with van der Waals surface area (Å²) < 4.78 is 0.988. The molecule has 7 heteroatoms. The molecule has 0 aliphatic heterocycles. The number of benzene rings is 2. The van der Waals surface area contributed by atoms with Crippen LogP contribution in [-0.4, -0.2) is 60.6 Å². The van der Waals surface area contributed by atoms with Crippen molar-refractivity contribution in [3.05, 3.63) is 64.6 Å². The maximum Gasteiger partial charge on any atom is 0.246 e. The second-order valence-corrected chi connectivity index (χ2v) is 9.08. The van der Waals surface area contributed by atoms with E-state index in [2.05, 4.69) is 26.1 Å². The average molecular weight is 478 g/mol. The molecule has 156 valence electrons. The number of halogens is 1. The van der Waals surface area contributed by atoms with E-state index in [0.29, 0.717) is 18.8 Å². The summed E-state index contributed by atoms with van der Waals surface area (Å²) in [6.45, 7) is 3.32. The Hall–Kier alpha value is -1.83. The predicted molar refractivity (Wildman–Crippen MR) is 123 cm³/mol. The normalized spacial score (nSPS) is 11.9. The molecule has 2 rings (SSSR count). The Kier molecular flexibility index (Phi) is 9.70. The molecule has 1 unspecified atom stereocenters. The van der Waals surface area contributed by atoms with Crippen molar-refractivity contribution in [3.8, 4) is 0 Å². The molecule has 0 radical (unpaired) electrons. The molecule has 5 nitrogen and oxygen atoms in total. The monoisotopic (exact) mass is 477 g/mol. The van der Waals surface area contributed by atoms with E-state index in [0.717, 1.165) is 21.5 Å². The minimum atomic E-state index is -0.581. The van der Waals surface area contributed by atoms with Crippen molar-refractivity contribution in [2.24, 2.45) is 0 Å². The van der Waals surface area contributed by atoms with E-state index in [9.17, 15) is 9.59 Å². The van der Waals surface area contributed by atoms with Gasteiger partial charge in [-0.05, 0) is 37.9 Å². The van der Waals surface area contributed by atoms with Crippen molar-refractivity contribution < 1.29 is 9.59 Å². The van der Waals surface area contributed by atoms with Crippen LogP contribution in [0.3, 0.4) is 0 Å². The van der Waals surface area contributed by atoms with Crippen molar-refractivity contribution in [1.82, 2.24) is 15.1 Å². The fraction of sp³-hybridized carbons (Fsp3) is 0.364. The Balaban J connectivity index is 2.14. The van der Waals surface area contributed by atoms with Crippen LogP contribution in [0.5, 0.6) is 0 Å². The standard InChI is InChI=1S/C22H28BrN3O2S/c1-17(27)24-21(16-29-20-11-7-10-19(23)14-20)22(28)26(13-12-25(2)3)15-18-8-5-4-6-9-18/h4-11,14,21H,12-13,15-16H2,1-3H3,(H,24,27). The van der Waals surface area contributed by atoms with Crippen molar-refractivity contribution >= 4 is 39.5 Å². The van der Waals surface area contributed by atoms with Gasteiger partial charge in [-0.25, -0.2) is 0 Å². The highest BCUT2D eigenvalue weighted by atomic mass is 79.9. The van der Waals surface area contributed by atoms with E-state index in [1.54, 1.807) is 11.8 Å². The summed E-state index contributed by atoms with van der Waals surface area (Å²) in [5.74, 6) is 0.209. The largest absolute Gasteiger partial charge is 0.344 e. The van der Waals surface area contributed by atoms with Gasteiger partial charge in [0.15, 0.2) is 0 Å². The molecule has 0 spiro atoms. The van der Waals surface area contributed by atoms with Crippen LogP contribution in [0.2, 0.25) is 0 Å². The summed E-state index contributed by atoms with van der Waals surface area (Å²) >= 11 is 5.03. The van der Waals surface area contributed by atoms with Crippen LogP contribution in [0.1, 0.15) is 12.5 Å². The number of hydrogen-bond acceptors (Lipinski definition) is 4. The second kappa shape index (κ2) is 12.0. The summed E-state index contributed by atoms with van der Waals surface area (Å²) in [7, 11) is 3.97. The maximum atomic E-state index is 13.4. The lowest BCUT2D eigenvalue weighted by Gasteiger charge is -2.29. The highest BCUT2D eigenvalue weighted by molar-refractivity contribution is 9.10. The molecule has 2 amide bonds. The molecule has 0 fully saturated rings. The molecule has 29 heavy (non-hydrogen) atoms. The molecule has 0 aliphatic rings. The van der Waals surface area contributed by atoms with Gasteiger partial charge in [-0.15, -0.1) is 11.8 Å². The number of nitrogens with zero attached hydrogens (tertiary/aromatic N) is 2. The molecule has 0 saturated carbocycles. The lowest BCUT2D eigenvalue weighted by Crippen LogP contribution is -2.50. The number of hydrogen-bond donors (Lipinski definition) is 1. The summed E-state index contributed by atoms with van der Waals surface area (Å²) in [6.07, 6.45) is 0. The average Bonchev–Trinajstić information content (AvgIpc) is 2.68. The van der Waals surface area contributed by atoms with Gasteiger partial charge in [-0.3, -0.25) is 9.59 Å². The third kappa shape index (κ3) is 8.60. The van der Waals surface area contributed by atoms with Gasteiger partial charge in [0, 0.05) is 41.7 Å². The summed E-state index contributed by atoms with van der Waals surface area (Å²) in [6, 6.07) is 17.3. The number of thioether (sulfide) groups is 1. The van der Waals surface area contributed by atoms with Crippen molar-refractivity contribution in [2.45, 2.75) is 24.4 Å². The zero-order valence-corrected chi connectivity index (χ0v) is 19.5. The fourth-order valence-corrected chi connectivity index (χ4v) is 4.29. The van der Waals surface area contributed by atoms with Crippen LogP contribution in [0.15, 0.2) is 64.0 Å². The van der Waals surface area contributed by atoms with Gasteiger partial charge in [0.2, 0.25) is 11.8 Å². The number of carbonyl (C=O) groups excluding carboxylic acids is 2. The zero-order chi connectivity index (χ0) is 21.2. The second-order valence-electron chi connectivity index (χ2n) is 7.07. The quantitative estimate of drug-likeness (QED) is 0.530. The first kappa shape index (κ1) is 23.4. The number of rotatable bonds is 10. The Labute approximate surface area is 186 Å². The first-order valence-electron chi connectivity index (χ1n) is 9.48. The van der Waals surface area contributed by atoms with Crippen molar-refractivity contribution in [1.29, 1.82) is 0 Å². The maximum absolute atomic E-state index is 13.4. The van der Waals surface area contributed by atoms with Gasteiger partial charge in [0.25, 0.3) is 0 Å². The molecular weight excluding hydrogens is 450 g/mol. The van der Waals surface area contributed by atoms with Gasteiger partial charge in [0.1, 0.15) is 6.04 Å². The van der Waals surface area contributed by atoms with E-state index in [4.69, 9.17) is 0 Å². The van der Waals surface area contributed by atoms with Gasteiger partial charge in [0.05, 0.1) is 0 Å². The molecule has 0 saturated heterocycles. The van der Waals surface area contributed by atoms with Crippen LogP contribution < -0.4 is 5.32 Å². The van der Waals surface area contributed by atoms with E-state index in [-0.39, 0.29) is 11.8 Å². The number of likely N-dealkylation sites (N-methyl/N-ethyl adjacent to an activating group) is 1. The highest BCUT2D eigenvalue weighted by Gasteiger charge is 2.25. The summed E-state index contributed by atoms with van der Waals surface area (Å²) in [4.78, 5) is 30.0. The topological polar surface area (TPSA) is 52.7 Å². The molecule has 2 aromatic rings. The molecule has 0 aliphatic carbocycles. The first-order chi connectivity index (χ1) is 13.8. The molecule has 0 heterocycles. The van der Waals surface area contributed by atoms with E-state index in [1.165, 1.54) is 6.92 Å². The van der Waals surface area contributed by atoms with Gasteiger partial charge >= 0.3 is 0 Å². The van der Waals surface area contributed by atoms with E-state index >= 15 is 0 Å². The van der Waals surface area contributed by atoms with E-state index in [1.807, 2.05) is 73.6 Å². The number of carbonyl (C=O) groups is 2. The molecule has 2 aromatic carbocycles. The van der Waals surface area contributed by atoms with Crippen LogP contribution >= 0.6 is 27.7 Å². The summed E-state index contributed by atoms with van der Waals surface area (Å²) in [5.41, 5.74) is 1.07. The van der Waals surface area contributed by atoms with Crippen molar-refractivity contribution in [2.75, 3.05) is 32.9 Å². The van der Waals surface area contributed by atoms with E-state index < -0.39 is 6.04 Å². The molecule has 1 N–H and O–H groups in total. The molecule has 0 bridgehead atoms. The summed E-state index contributed by atoms with van der Waals surface area (Å²) in [5, 5.41) is 2.84. The third-order valence-corrected chi connectivity index (χ3v) is 5.81. The van der Waals surface area contributed by atoms with Crippen LogP contribution in [0.25, 0.3) is 0 Å². The Morgan fingerprint density at radius 3 is 2.41 bits per heavy atom. The zero-order valence-electron chi connectivity index (χ0n) is 17.1. The minimum absolute atomic E-state index is 0.0617. The lowest BCUT2D eigenvalue weighted by molar-refractivity contribution is -0.136.